The van der Waals surface area contributed by atoms with Crippen molar-refractivity contribution in [3.05, 3.63) is 35.9 Å². The van der Waals surface area contributed by atoms with Crippen molar-refractivity contribution < 1.29 is 14.7 Å². The number of hydrogen-bond acceptors (Lipinski definition) is 2. The van der Waals surface area contributed by atoms with Crippen LogP contribution in [0.3, 0.4) is 0 Å². The standard InChI is InChI=1S/C16H23NO3/c1-12(2)9-10-15(18)17(3)14(16(19)20)11-13-7-5-4-6-8-13/h4-8,12,14H,9-11H2,1-3H3,(H,19,20). The monoisotopic (exact) mass is 277 g/mol. The Hall–Kier alpha value is -1.84. The smallest absolute Gasteiger partial charge is 0.326 e. The summed E-state index contributed by atoms with van der Waals surface area (Å²) in [4.78, 5) is 24.8. The third kappa shape index (κ3) is 5.03. The molecule has 1 unspecified atom stereocenters. The van der Waals surface area contributed by atoms with Crippen LogP contribution in [0, 0.1) is 5.92 Å². The van der Waals surface area contributed by atoms with Gasteiger partial charge in [0.1, 0.15) is 6.04 Å². The summed E-state index contributed by atoms with van der Waals surface area (Å²) in [5.74, 6) is -0.638. The summed E-state index contributed by atoms with van der Waals surface area (Å²) < 4.78 is 0. The number of carboxylic acid groups (broad SMARTS) is 1. The fraction of sp³-hybridized carbons (Fsp3) is 0.500. The van der Waals surface area contributed by atoms with E-state index in [-0.39, 0.29) is 5.91 Å². The highest BCUT2D eigenvalue weighted by Gasteiger charge is 2.26. The van der Waals surface area contributed by atoms with Crippen LogP contribution in [0.1, 0.15) is 32.3 Å². The van der Waals surface area contributed by atoms with Gasteiger partial charge >= 0.3 is 5.97 Å². The van der Waals surface area contributed by atoms with Gasteiger partial charge < -0.3 is 10.0 Å². The Morgan fingerprint density at radius 1 is 1.20 bits per heavy atom. The summed E-state index contributed by atoms with van der Waals surface area (Å²) >= 11 is 0. The minimum atomic E-state index is -0.964. The van der Waals surface area contributed by atoms with Crippen molar-refractivity contribution in [3.63, 3.8) is 0 Å². The van der Waals surface area contributed by atoms with E-state index in [1.165, 1.54) is 4.90 Å². The van der Waals surface area contributed by atoms with Crippen LogP contribution in [0.5, 0.6) is 0 Å². The predicted molar refractivity (Wildman–Crippen MR) is 78.4 cm³/mol. The fourth-order valence-electron chi connectivity index (χ4n) is 1.99. The average molecular weight is 277 g/mol. The third-order valence-electron chi connectivity index (χ3n) is 3.35. The molecule has 0 saturated heterocycles. The molecule has 110 valence electrons. The van der Waals surface area contributed by atoms with Gasteiger partial charge in [-0.1, -0.05) is 44.2 Å². The van der Waals surface area contributed by atoms with Crippen molar-refractivity contribution in [2.24, 2.45) is 5.92 Å². The largest absolute Gasteiger partial charge is 0.480 e. The first-order valence-electron chi connectivity index (χ1n) is 6.94. The van der Waals surface area contributed by atoms with Crippen LogP contribution in [0.15, 0.2) is 30.3 Å². The van der Waals surface area contributed by atoms with Crippen LogP contribution < -0.4 is 0 Å². The van der Waals surface area contributed by atoms with E-state index >= 15 is 0 Å². The van der Waals surface area contributed by atoms with Crippen LogP contribution in [-0.4, -0.2) is 35.0 Å². The minimum absolute atomic E-state index is 0.109. The van der Waals surface area contributed by atoms with Gasteiger partial charge in [0.2, 0.25) is 5.91 Å². The Labute approximate surface area is 120 Å². The molecule has 0 aliphatic carbocycles. The summed E-state index contributed by atoms with van der Waals surface area (Å²) in [5, 5.41) is 9.34. The highest BCUT2D eigenvalue weighted by molar-refractivity contribution is 5.83. The van der Waals surface area contributed by atoms with Crippen LogP contribution >= 0.6 is 0 Å². The first kappa shape index (κ1) is 16.2. The first-order valence-corrected chi connectivity index (χ1v) is 6.94. The van der Waals surface area contributed by atoms with E-state index in [0.717, 1.165) is 12.0 Å². The minimum Gasteiger partial charge on any atom is -0.480 e. The molecular formula is C16H23NO3. The van der Waals surface area contributed by atoms with Crippen LogP contribution in [0.4, 0.5) is 0 Å². The normalized spacial score (nSPS) is 12.2. The first-order chi connectivity index (χ1) is 9.41. The Bertz CT molecular complexity index is 442. The lowest BCUT2D eigenvalue weighted by molar-refractivity contribution is -0.149. The third-order valence-corrected chi connectivity index (χ3v) is 3.35. The predicted octanol–water partition coefficient (Wildman–Crippen LogP) is 2.58. The Morgan fingerprint density at radius 3 is 2.30 bits per heavy atom. The molecule has 0 heterocycles. The van der Waals surface area contributed by atoms with Crippen molar-refractivity contribution in [3.8, 4) is 0 Å². The van der Waals surface area contributed by atoms with Crippen LogP contribution in [0.2, 0.25) is 0 Å². The molecule has 0 radical (unpaired) electrons. The topological polar surface area (TPSA) is 57.6 Å². The highest BCUT2D eigenvalue weighted by Crippen LogP contribution is 2.12. The summed E-state index contributed by atoms with van der Waals surface area (Å²) in [5.41, 5.74) is 0.920. The second kappa shape index (κ2) is 7.68. The van der Waals surface area contributed by atoms with Crippen LogP contribution in [0.25, 0.3) is 0 Å². The second-order valence-electron chi connectivity index (χ2n) is 5.48. The van der Waals surface area contributed by atoms with Gasteiger partial charge in [0.25, 0.3) is 0 Å². The molecule has 1 amide bonds. The van der Waals surface area contributed by atoms with E-state index in [4.69, 9.17) is 0 Å². The van der Waals surface area contributed by atoms with Gasteiger partial charge in [-0.2, -0.15) is 0 Å². The van der Waals surface area contributed by atoms with E-state index in [1.807, 2.05) is 44.2 Å². The molecule has 0 saturated carbocycles. The van der Waals surface area contributed by atoms with Gasteiger partial charge in [0.15, 0.2) is 0 Å². The number of carboxylic acids is 1. The van der Waals surface area contributed by atoms with Gasteiger partial charge in [-0.15, -0.1) is 0 Å². The van der Waals surface area contributed by atoms with Gasteiger partial charge in [0, 0.05) is 19.9 Å². The molecule has 0 aliphatic heterocycles. The number of likely N-dealkylation sites (N-methyl/N-ethyl adjacent to an activating group) is 1. The van der Waals surface area contributed by atoms with Crippen molar-refractivity contribution in [2.45, 2.75) is 39.2 Å². The Kier molecular flexibility index (Phi) is 6.22. The van der Waals surface area contributed by atoms with E-state index in [2.05, 4.69) is 0 Å². The molecule has 0 spiro atoms. The Balaban J connectivity index is 2.70. The molecule has 1 aromatic rings. The second-order valence-corrected chi connectivity index (χ2v) is 5.48. The number of carbonyl (C=O) groups excluding carboxylic acids is 1. The summed E-state index contributed by atoms with van der Waals surface area (Å²) in [6.07, 6.45) is 1.51. The maximum atomic E-state index is 12.0. The van der Waals surface area contributed by atoms with Crippen molar-refractivity contribution in [1.29, 1.82) is 0 Å². The summed E-state index contributed by atoms with van der Waals surface area (Å²) in [6, 6.07) is 8.57. The number of hydrogen-bond donors (Lipinski definition) is 1. The lowest BCUT2D eigenvalue weighted by Crippen LogP contribution is -2.43. The average Bonchev–Trinajstić information content (AvgIpc) is 2.42. The van der Waals surface area contributed by atoms with E-state index in [1.54, 1.807) is 7.05 Å². The summed E-state index contributed by atoms with van der Waals surface area (Å²) in [7, 11) is 1.57. The SMILES string of the molecule is CC(C)CCC(=O)N(C)C(Cc1ccccc1)C(=O)O. The lowest BCUT2D eigenvalue weighted by atomic mass is 10.0. The fourth-order valence-corrected chi connectivity index (χ4v) is 1.99. The van der Waals surface area contributed by atoms with Crippen molar-refractivity contribution >= 4 is 11.9 Å². The quantitative estimate of drug-likeness (QED) is 0.833. The molecule has 4 heteroatoms. The highest BCUT2D eigenvalue weighted by atomic mass is 16.4. The number of carbonyl (C=O) groups is 2. The number of benzene rings is 1. The molecule has 0 aromatic heterocycles. The zero-order valence-electron chi connectivity index (χ0n) is 12.4. The molecule has 1 rings (SSSR count). The maximum Gasteiger partial charge on any atom is 0.326 e. The number of nitrogens with zero attached hydrogens (tertiary/aromatic N) is 1. The zero-order chi connectivity index (χ0) is 15.1. The van der Waals surface area contributed by atoms with Crippen LogP contribution in [-0.2, 0) is 16.0 Å². The molecule has 1 atom stereocenters. The number of aliphatic carboxylic acids is 1. The van der Waals surface area contributed by atoms with Gasteiger partial charge in [-0.05, 0) is 17.9 Å². The molecule has 4 nitrogen and oxygen atoms in total. The Morgan fingerprint density at radius 2 is 1.80 bits per heavy atom. The van der Waals surface area contributed by atoms with E-state index in [9.17, 15) is 14.7 Å². The molecule has 0 bridgehead atoms. The molecule has 1 aromatic carbocycles. The zero-order valence-corrected chi connectivity index (χ0v) is 12.4. The van der Waals surface area contributed by atoms with Gasteiger partial charge in [-0.25, -0.2) is 4.79 Å². The molecule has 0 fully saturated rings. The summed E-state index contributed by atoms with van der Waals surface area (Å²) in [6.45, 7) is 4.10. The number of amides is 1. The molecule has 1 N–H and O–H groups in total. The lowest BCUT2D eigenvalue weighted by Gasteiger charge is -2.25. The van der Waals surface area contributed by atoms with E-state index < -0.39 is 12.0 Å². The number of rotatable bonds is 7. The van der Waals surface area contributed by atoms with Crippen molar-refractivity contribution in [2.75, 3.05) is 7.05 Å². The van der Waals surface area contributed by atoms with Gasteiger partial charge in [0.05, 0.1) is 0 Å². The molecule has 0 aliphatic rings. The maximum absolute atomic E-state index is 12.0. The van der Waals surface area contributed by atoms with E-state index in [0.29, 0.717) is 18.8 Å². The van der Waals surface area contributed by atoms with Gasteiger partial charge in [-0.3, -0.25) is 4.79 Å². The van der Waals surface area contributed by atoms with Crippen molar-refractivity contribution in [1.82, 2.24) is 4.90 Å². The molecule has 20 heavy (non-hydrogen) atoms. The molecular weight excluding hydrogens is 254 g/mol.